The molecular weight excluding hydrogens is 264 g/mol. The zero-order valence-electron chi connectivity index (χ0n) is 12.6. The molecule has 0 saturated heterocycles. The number of ether oxygens (including phenoxy) is 1. The number of pyridine rings is 1. The van der Waals surface area contributed by atoms with Crippen molar-refractivity contribution in [3.05, 3.63) is 59.4 Å². The number of nitrogens with one attached hydrogen (secondary N) is 1. The molecule has 0 fully saturated rings. The SMILES string of the molecule is CCc1ccc(C(C)Nc2ccnc(C(=O)OC)c2)cc1. The molecule has 0 spiro atoms. The molecule has 1 atom stereocenters. The third kappa shape index (κ3) is 3.81. The number of esters is 1. The highest BCUT2D eigenvalue weighted by atomic mass is 16.5. The summed E-state index contributed by atoms with van der Waals surface area (Å²) < 4.78 is 4.68. The van der Waals surface area contributed by atoms with Gasteiger partial charge in [0.25, 0.3) is 0 Å². The molecule has 2 rings (SSSR count). The normalized spacial score (nSPS) is 11.8. The highest BCUT2D eigenvalue weighted by Gasteiger charge is 2.10. The number of rotatable bonds is 5. The van der Waals surface area contributed by atoms with Gasteiger partial charge in [0.15, 0.2) is 0 Å². The summed E-state index contributed by atoms with van der Waals surface area (Å²) in [6, 6.07) is 12.2. The minimum Gasteiger partial charge on any atom is -0.464 e. The average Bonchev–Trinajstić information content (AvgIpc) is 2.54. The molecule has 1 aromatic carbocycles. The van der Waals surface area contributed by atoms with Gasteiger partial charge in [-0.3, -0.25) is 0 Å². The fourth-order valence-corrected chi connectivity index (χ4v) is 2.11. The topological polar surface area (TPSA) is 51.2 Å². The summed E-state index contributed by atoms with van der Waals surface area (Å²) in [6.45, 7) is 4.22. The Bertz CT molecular complexity index is 608. The molecule has 1 N–H and O–H groups in total. The van der Waals surface area contributed by atoms with Crippen LogP contribution in [0.2, 0.25) is 0 Å². The molecule has 0 aliphatic rings. The fourth-order valence-electron chi connectivity index (χ4n) is 2.11. The van der Waals surface area contributed by atoms with Crippen LogP contribution in [0.5, 0.6) is 0 Å². The lowest BCUT2D eigenvalue weighted by molar-refractivity contribution is 0.0594. The van der Waals surface area contributed by atoms with Crippen LogP contribution in [0.3, 0.4) is 0 Å². The summed E-state index contributed by atoms with van der Waals surface area (Å²) in [6.07, 6.45) is 2.64. The number of carbonyl (C=O) groups excluding carboxylic acids is 1. The monoisotopic (exact) mass is 284 g/mol. The molecule has 0 aliphatic carbocycles. The number of hydrogen-bond acceptors (Lipinski definition) is 4. The van der Waals surface area contributed by atoms with Crippen molar-refractivity contribution in [1.29, 1.82) is 0 Å². The smallest absolute Gasteiger partial charge is 0.356 e. The van der Waals surface area contributed by atoms with E-state index in [0.717, 1.165) is 12.1 Å². The number of methoxy groups -OCH3 is 1. The van der Waals surface area contributed by atoms with E-state index < -0.39 is 5.97 Å². The molecule has 0 saturated carbocycles. The van der Waals surface area contributed by atoms with Gasteiger partial charge in [-0.15, -0.1) is 0 Å². The van der Waals surface area contributed by atoms with Gasteiger partial charge in [0.1, 0.15) is 5.69 Å². The van der Waals surface area contributed by atoms with Crippen molar-refractivity contribution in [3.8, 4) is 0 Å². The van der Waals surface area contributed by atoms with E-state index in [1.165, 1.54) is 18.2 Å². The maximum absolute atomic E-state index is 11.5. The third-order valence-electron chi connectivity index (χ3n) is 3.43. The van der Waals surface area contributed by atoms with E-state index in [0.29, 0.717) is 5.69 Å². The van der Waals surface area contributed by atoms with Gasteiger partial charge in [0.2, 0.25) is 0 Å². The van der Waals surface area contributed by atoms with Crippen LogP contribution in [-0.2, 0) is 11.2 Å². The largest absolute Gasteiger partial charge is 0.464 e. The standard InChI is InChI=1S/C17H20N2O2/c1-4-13-5-7-14(8-6-13)12(2)19-15-9-10-18-16(11-15)17(20)21-3/h5-12H,4H2,1-3H3,(H,18,19). The summed E-state index contributed by atoms with van der Waals surface area (Å²) in [5, 5.41) is 3.37. The number of carbonyl (C=O) groups is 1. The van der Waals surface area contributed by atoms with Crippen molar-refractivity contribution in [1.82, 2.24) is 4.98 Å². The minimum absolute atomic E-state index is 0.142. The van der Waals surface area contributed by atoms with Gasteiger partial charge in [0, 0.05) is 17.9 Å². The number of aromatic nitrogens is 1. The van der Waals surface area contributed by atoms with Gasteiger partial charge in [0.05, 0.1) is 7.11 Å². The second-order valence-electron chi connectivity index (χ2n) is 4.88. The molecule has 110 valence electrons. The van der Waals surface area contributed by atoms with Gasteiger partial charge in [-0.25, -0.2) is 9.78 Å². The van der Waals surface area contributed by atoms with Crippen LogP contribution in [0.25, 0.3) is 0 Å². The van der Waals surface area contributed by atoms with Crippen LogP contribution in [0, 0.1) is 0 Å². The summed E-state index contributed by atoms with van der Waals surface area (Å²) in [5.74, 6) is -0.432. The molecule has 21 heavy (non-hydrogen) atoms. The van der Waals surface area contributed by atoms with E-state index >= 15 is 0 Å². The van der Waals surface area contributed by atoms with Crippen molar-refractivity contribution in [3.63, 3.8) is 0 Å². The Balaban J connectivity index is 2.11. The number of nitrogens with zero attached hydrogens (tertiary/aromatic N) is 1. The molecule has 1 heterocycles. The van der Waals surface area contributed by atoms with Crippen LogP contribution in [0.4, 0.5) is 5.69 Å². The molecule has 1 unspecified atom stereocenters. The highest BCUT2D eigenvalue weighted by Crippen LogP contribution is 2.20. The molecule has 0 aliphatic heterocycles. The van der Waals surface area contributed by atoms with E-state index in [4.69, 9.17) is 0 Å². The number of aryl methyl sites for hydroxylation is 1. The predicted molar refractivity (Wildman–Crippen MR) is 83.4 cm³/mol. The lowest BCUT2D eigenvalue weighted by atomic mass is 10.0. The van der Waals surface area contributed by atoms with Crippen molar-refractivity contribution >= 4 is 11.7 Å². The van der Waals surface area contributed by atoms with Crippen LogP contribution >= 0.6 is 0 Å². The summed E-state index contributed by atoms with van der Waals surface area (Å²) >= 11 is 0. The first kappa shape index (κ1) is 15.0. The molecule has 0 bridgehead atoms. The Hall–Kier alpha value is -2.36. The molecular formula is C17H20N2O2. The van der Waals surface area contributed by atoms with E-state index in [2.05, 4.69) is 53.2 Å². The maximum Gasteiger partial charge on any atom is 0.356 e. The third-order valence-corrected chi connectivity index (χ3v) is 3.43. The Labute approximate surface area is 125 Å². The van der Waals surface area contributed by atoms with E-state index in [1.54, 1.807) is 12.3 Å². The van der Waals surface area contributed by atoms with Crippen LogP contribution in [0.15, 0.2) is 42.6 Å². The highest BCUT2D eigenvalue weighted by molar-refractivity contribution is 5.88. The molecule has 0 amide bonds. The minimum atomic E-state index is -0.432. The van der Waals surface area contributed by atoms with Crippen molar-refractivity contribution in [2.75, 3.05) is 12.4 Å². The van der Waals surface area contributed by atoms with Crippen LogP contribution in [-0.4, -0.2) is 18.1 Å². The quantitative estimate of drug-likeness (QED) is 0.852. The van der Waals surface area contributed by atoms with Gasteiger partial charge >= 0.3 is 5.97 Å². The fraction of sp³-hybridized carbons (Fsp3) is 0.294. The van der Waals surface area contributed by atoms with Crippen molar-refractivity contribution in [2.24, 2.45) is 0 Å². The summed E-state index contributed by atoms with van der Waals surface area (Å²) in [5.41, 5.74) is 3.67. The molecule has 4 nitrogen and oxygen atoms in total. The van der Waals surface area contributed by atoms with Crippen LogP contribution in [0.1, 0.15) is 41.5 Å². The predicted octanol–water partition coefficient (Wildman–Crippen LogP) is 3.60. The number of benzene rings is 1. The summed E-state index contributed by atoms with van der Waals surface area (Å²) in [4.78, 5) is 15.5. The zero-order valence-corrected chi connectivity index (χ0v) is 12.6. The Morgan fingerprint density at radius 2 is 2.00 bits per heavy atom. The van der Waals surface area contributed by atoms with Gasteiger partial charge in [-0.05, 0) is 36.6 Å². The second-order valence-corrected chi connectivity index (χ2v) is 4.88. The van der Waals surface area contributed by atoms with Gasteiger partial charge < -0.3 is 10.1 Å². The lowest BCUT2D eigenvalue weighted by Gasteiger charge is -2.16. The first-order valence-corrected chi connectivity index (χ1v) is 7.03. The Morgan fingerprint density at radius 1 is 1.29 bits per heavy atom. The number of hydrogen-bond donors (Lipinski definition) is 1. The van der Waals surface area contributed by atoms with E-state index in [-0.39, 0.29) is 6.04 Å². The van der Waals surface area contributed by atoms with E-state index in [9.17, 15) is 4.79 Å². The number of anilines is 1. The van der Waals surface area contributed by atoms with Gasteiger partial charge in [-0.1, -0.05) is 31.2 Å². The van der Waals surface area contributed by atoms with Gasteiger partial charge in [-0.2, -0.15) is 0 Å². The average molecular weight is 284 g/mol. The molecule has 1 aromatic heterocycles. The van der Waals surface area contributed by atoms with E-state index in [1.807, 2.05) is 6.07 Å². The van der Waals surface area contributed by atoms with Crippen molar-refractivity contribution in [2.45, 2.75) is 26.3 Å². The zero-order chi connectivity index (χ0) is 15.2. The first-order chi connectivity index (χ1) is 10.1. The second kappa shape index (κ2) is 6.88. The molecule has 2 aromatic rings. The Kier molecular flexibility index (Phi) is 4.93. The lowest BCUT2D eigenvalue weighted by Crippen LogP contribution is -2.09. The Morgan fingerprint density at radius 3 is 2.62 bits per heavy atom. The summed E-state index contributed by atoms with van der Waals surface area (Å²) in [7, 11) is 1.35. The molecule has 0 radical (unpaired) electrons. The molecule has 4 heteroatoms. The van der Waals surface area contributed by atoms with Crippen LogP contribution < -0.4 is 5.32 Å². The van der Waals surface area contributed by atoms with Crippen molar-refractivity contribution < 1.29 is 9.53 Å². The first-order valence-electron chi connectivity index (χ1n) is 7.03. The maximum atomic E-state index is 11.5.